The molecule has 3 aliphatic rings. The number of fused-ring (bicyclic) bond motifs is 3. The molecule has 0 amide bonds. The molecule has 7 atom stereocenters. The van der Waals surface area contributed by atoms with Crippen LogP contribution in [-0.2, 0) is 0 Å². The van der Waals surface area contributed by atoms with Crippen molar-refractivity contribution in [1.82, 2.24) is 19.9 Å². The Morgan fingerprint density at radius 1 is 0.946 bits per heavy atom. The van der Waals surface area contributed by atoms with Crippen molar-refractivity contribution in [3.8, 4) is 10.6 Å². The highest BCUT2D eigenvalue weighted by atomic mass is 32.1. The summed E-state index contributed by atoms with van der Waals surface area (Å²) in [5.74, 6) is 2.16. The fourth-order valence-electron chi connectivity index (χ4n) is 6.73. The zero-order valence-electron chi connectivity index (χ0n) is 21.8. The predicted molar refractivity (Wildman–Crippen MR) is 145 cm³/mol. The van der Waals surface area contributed by atoms with Crippen molar-refractivity contribution in [3.63, 3.8) is 0 Å². The highest BCUT2D eigenvalue weighted by Gasteiger charge is 2.48. The number of aromatic nitrogens is 4. The predicted octanol–water partition coefficient (Wildman–Crippen LogP) is 3.66. The second-order valence-electron chi connectivity index (χ2n) is 11.8. The van der Waals surface area contributed by atoms with E-state index in [2.05, 4.69) is 15.6 Å². The Bertz CT molecular complexity index is 1320. The van der Waals surface area contributed by atoms with E-state index in [1.807, 2.05) is 19.9 Å². The molecule has 10 heteroatoms. The van der Waals surface area contributed by atoms with Crippen molar-refractivity contribution in [2.75, 3.05) is 10.6 Å². The number of hydrogen-bond acceptors (Lipinski definition) is 10. The minimum absolute atomic E-state index is 0.381. The van der Waals surface area contributed by atoms with E-state index >= 15 is 0 Å². The molecule has 3 aromatic heterocycles. The van der Waals surface area contributed by atoms with Gasteiger partial charge < -0.3 is 26.0 Å². The highest BCUT2D eigenvalue weighted by molar-refractivity contribution is 7.21. The molecular weight excluding hydrogens is 488 g/mol. The third-order valence-electron chi connectivity index (χ3n) is 8.76. The first-order valence-corrected chi connectivity index (χ1v) is 14.1. The average Bonchev–Trinajstić information content (AvgIpc) is 3.60. The molecule has 0 unspecified atom stereocenters. The summed E-state index contributed by atoms with van der Waals surface area (Å²) in [7, 11) is 0. The monoisotopic (exact) mass is 524 g/mol. The van der Waals surface area contributed by atoms with E-state index in [-0.39, 0.29) is 0 Å². The number of nitrogens with zero attached hydrogens (tertiary/aromatic N) is 4. The smallest absolute Gasteiger partial charge is 0.225 e. The van der Waals surface area contributed by atoms with E-state index in [1.165, 1.54) is 19.3 Å². The summed E-state index contributed by atoms with van der Waals surface area (Å²) in [6.45, 7) is 7.25. The molecule has 198 valence electrons. The molecule has 0 saturated heterocycles. The van der Waals surface area contributed by atoms with Gasteiger partial charge in [-0.2, -0.15) is 4.98 Å². The molecule has 3 fully saturated rings. The number of aliphatic hydroxyl groups excluding tert-OH is 2. The molecule has 5 N–H and O–H groups in total. The van der Waals surface area contributed by atoms with Crippen LogP contribution >= 0.6 is 11.3 Å². The summed E-state index contributed by atoms with van der Waals surface area (Å²) in [5.41, 5.74) is 2.18. The summed E-state index contributed by atoms with van der Waals surface area (Å²) >= 11 is 1.56. The van der Waals surface area contributed by atoms with Crippen molar-refractivity contribution in [2.24, 2.45) is 17.8 Å². The number of thiazole rings is 1. The van der Waals surface area contributed by atoms with Gasteiger partial charge in [-0.05, 0) is 71.3 Å². The molecular formula is C27H36N6O3S. The summed E-state index contributed by atoms with van der Waals surface area (Å²) in [4.78, 5) is 19.1. The maximum atomic E-state index is 10.9. The quantitative estimate of drug-likeness (QED) is 0.327. The molecule has 2 bridgehead atoms. The van der Waals surface area contributed by atoms with E-state index < -0.39 is 29.8 Å². The van der Waals surface area contributed by atoms with Gasteiger partial charge in [-0.15, -0.1) is 11.3 Å². The van der Waals surface area contributed by atoms with Crippen LogP contribution < -0.4 is 10.6 Å². The lowest BCUT2D eigenvalue weighted by Gasteiger charge is -2.28. The topological polar surface area (TPSA) is 136 Å². The molecule has 0 aliphatic heterocycles. The minimum Gasteiger partial charge on any atom is -0.390 e. The third-order valence-corrected chi connectivity index (χ3v) is 9.80. The highest BCUT2D eigenvalue weighted by Crippen LogP contribution is 2.46. The Morgan fingerprint density at radius 2 is 1.76 bits per heavy atom. The zero-order valence-corrected chi connectivity index (χ0v) is 22.6. The summed E-state index contributed by atoms with van der Waals surface area (Å²) in [5, 5.41) is 40.0. The molecule has 37 heavy (non-hydrogen) atoms. The van der Waals surface area contributed by atoms with Crippen LogP contribution in [0, 0.1) is 31.6 Å². The van der Waals surface area contributed by atoms with Crippen molar-refractivity contribution >= 4 is 33.3 Å². The lowest BCUT2D eigenvalue weighted by molar-refractivity contribution is -0.0601. The van der Waals surface area contributed by atoms with E-state index in [0.29, 0.717) is 30.1 Å². The van der Waals surface area contributed by atoms with Gasteiger partial charge in [0.2, 0.25) is 5.95 Å². The Morgan fingerprint density at radius 3 is 2.41 bits per heavy atom. The maximum absolute atomic E-state index is 10.9. The Hall–Kier alpha value is -2.40. The number of pyridine rings is 1. The largest absolute Gasteiger partial charge is 0.390 e. The fourth-order valence-corrected chi connectivity index (χ4v) is 7.84. The second-order valence-corrected chi connectivity index (χ2v) is 12.8. The van der Waals surface area contributed by atoms with Crippen molar-refractivity contribution in [3.05, 3.63) is 23.7 Å². The average molecular weight is 525 g/mol. The van der Waals surface area contributed by atoms with Gasteiger partial charge >= 0.3 is 0 Å². The summed E-state index contributed by atoms with van der Waals surface area (Å²) in [6.07, 6.45) is 5.14. The maximum Gasteiger partial charge on any atom is 0.225 e. The van der Waals surface area contributed by atoms with Crippen LogP contribution in [0.1, 0.15) is 57.3 Å². The first-order chi connectivity index (χ1) is 17.6. The van der Waals surface area contributed by atoms with Gasteiger partial charge in [0.05, 0.1) is 39.4 Å². The van der Waals surface area contributed by atoms with Crippen LogP contribution in [0.3, 0.4) is 0 Å². The number of rotatable bonds is 6. The molecule has 9 nitrogen and oxygen atoms in total. The number of anilines is 2. The first-order valence-electron chi connectivity index (χ1n) is 13.3. The Balaban J connectivity index is 1.38. The summed E-state index contributed by atoms with van der Waals surface area (Å²) in [6, 6.07) is 1.86. The molecule has 3 saturated carbocycles. The third kappa shape index (κ3) is 4.47. The minimum atomic E-state index is -1.12. The molecule has 3 aromatic rings. The van der Waals surface area contributed by atoms with Crippen molar-refractivity contribution in [1.29, 1.82) is 0 Å². The zero-order chi connectivity index (χ0) is 26.1. The second kappa shape index (κ2) is 9.11. The van der Waals surface area contributed by atoms with Gasteiger partial charge in [0.25, 0.3) is 0 Å². The van der Waals surface area contributed by atoms with E-state index in [4.69, 9.17) is 15.0 Å². The number of hydrogen-bond donors (Lipinski definition) is 5. The molecule has 0 aromatic carbocycles. The molecule has 0 radical (unpaired) electrons. The van der Waals surface area contributed by atoms with Crippen molar-refractivity contribution in [2.45, 2.75) is 89.7 Å². The SMILES string of the molecule is Cc1nc(N[C@@H]2C[C@H]3CC[C@@H]2C3)nc(N[C@@H]2C[C@H](C(C)(C)O)[C@@H](O)[C@H]2O)c1-c1nc2c(C)nccc2s1. The van der Waals surface area contributed by atoms with Gasteiger partial charge in [-0.25, -0.2) is 9.97 Å². The molecule has 0 spiro atoms. The van der Waals surface area contributed by atoms with Crippen LogP contribution in [0.25, 0.3) is 20.8 Å². The van der Waals surface area contributed by atoms with Gasteiger partial charge in [0.1, 0.15) is 22.4 Å². The number of aryl methyl sites for hydroxylation is 2. The van der Waals surface area contributed by atoms with Gasteiger partial charge in [0, 0.05) is 18.2 Å². The normalized spacial score (nSPS) is 31.4. The molecule has 3 aliphatic carbocycles. The van der Waals surface area contributed by atoms with Crippen LogP contribution in [0.15, 0.2) is 12.3 Å². The molecule has 6 rings (SSSR count). The van der Waals surface area contributed by atoms with Crippen LogP contribution in [-0.4, -0.2) is 65.1 Å². The Kier molecular flexibility index (Phi) is 6.13. The fraction of sp³-hybridized carbons (Fsp3) is 0.630. The van der Waals surface area contributed by atoms with Crippen LogP contribution in [0.5, 0.6) is 0 Å². The van der Waals surface area contributed by atoms with Gasteiger partial charge in [0.15, 0.2) is 0 Å². The van der Waals surface area contributed by atoms with E-state index in [1.54, 1.807) is 31.4 Å². The number of nitrogens with one attached hydrogen (secondary N) is 2. The van der Waals surface area contributed by atoms with Gasteiger partial charge in [-0.3, -0.25) is 4.98 Å². The number of aliphatic hydroxyl groups is 3. The lowest BCUT2D eigenvalue weighted by Crippen LogP contribution is -2.40. The standard InChI is InChI=1S/C27H36N6O3S/c1-12-20(25-32-21-13(2)28-8-7-19(21)37-25)24(30-18-11-16(27(3,4)36)22(34)23(18)35)33-26(29-12)31-17-10-14-5-6-15(17)9-14/h7-8,14-18,22-23,34-36H,5-6,9-11H2,1-4H3,(H2,29,30,31,33)/t14-,15+,16-,17+,18+,22+,23-/m0/s1. The van der Waals surface area contributed by atoms with E-state index in [0.717, 1.165) is 44.5 Å². The molecule has 3 heterocycles. The van der Waals surface area contributed by atoms with Crippen LogP contribution in [0.2, 0.25) is 0 Å². The lowest BCUT2D eigenvalue weighted by atomic mass is 9.88. The van der Waals surface area contributed by atoms with E-state index in [9.17, 15) is 15.3 Å². The summed E-state index contributed by atoms with van der Waals surface area (Å²) < 4.78 is 1.04. The van der Waals surface area contributed by atoms with Crippen molar-refractivity contribution < 1.29 is 15.3 Å². The first kappa shape index (κ1) is 24.9. The van der Waals surface area contributed by atoms with Gasteiger partial charge in [-0.1, -0.05) is 6.42 Å². The Labute approximate surface area is 220 Å². The van der Waals surface area contributed by atoms with Crippen LogP contribution in [0.4, 0.5) is 11.8 Å².